The Balaban J connectivity index is 2.05. The highest BCUT2D eigenvalue weighted by atomic mass is 32.2. The van der Waals surface area contributed by atoms with Crippen LogP contribution in [0.2, 0.25) is 0 Å². The number of furan rings is 1. The molecule has 0 amide bonds. The standard InChI is InChI=1S/C12H10N2OS/c1-9-12(3-5-15-9)16-8-10-2-4-14-11(6-10)7-13/h2-6H,8H2,1H3. The fourth-order valence-electron chi connectivity index (χ4n) is 1.31. The topological polar surface area (TPSA) is 49.8 Å². The third-order valence-electron chi connectivity index (χ3n) is 2.14. The van der Waals surface area contributed by atoms with Crippen LogP contribution in [0, 0.1) is 18.3 Å². The van der Waals surface area contributed by atoms with Gasteiger partial charge in [-0.2, -0.15) is 5.26 Å². The van der Waals surface area contributed by atoms with Crippen LogP contribution in [0.4, 0.5) is 0 Å². The number of rotatable bonds is 3. The van der Waals surface area contributed by atoms with Gasteiger partial charge in [0.2, 0.25) is 0 Å². The Morgan fingerprint density at radius 3 is 3.06 bits per heavy atom. The summed E-state index contributed by atoms with van der Waals surface area (Å²) in [5.74, 6) is 1.75. The van der Waals surface area contributed by atoms with Crippen LogP contribution in [0.1, 0.15) is 17.0 Å². The van der Waals surface area contributed by atoms with Crippen LogP contribution in [0.15, 0.2) is 40.0 Å². The van der Waals surface area contributed by atoms with E-state index >= 15 is 0 Å². The molecule has 0 N–H and O–H groups in total. The van der Waals surface area contributed by atoms with Crippen LogP contribution in [0.25, 0.3) is 0 Å². The lowest BCUT2D eigenvalue weighted by atomic mass is 10.2. The van der Waals surface area contributed by atoms with Gasteiger partial charge in [0, 0.05) is 16.8 Å². The summed E-state index contributed by atoms with van der Waals surface area (Å²) < 4.78 is 5.21. The fourth-order valence-corrected chi connectivity index (χ4v) is 2.21. The predicted molar refractivity (Wildman–Crippen MR) is 62.0 cm³/mol. The first-order chi connectivity index (χ1) is 7.79. The third kappa shape index (κ3) is 2.44. The maximum absolute atomic E-state index is 8.72. The number of aryl methyl sites for hydroxylation is 1. The Labute approximate surface area is 98.1 Å². The second kappa shape index (κ2) is 4.86. The zero-order valence-electron chi connectivity index (χ0n) is 8.80. The van der Waals surface area contributed by atoms with Crippen LogP contribution in [0.5, 0.6) is 0 Å². The maximum Gasteiger partial charge on any atom is 0.140 e. The minimum absolute atomic E-state index is 0.460. The first-order valence-corrected chi connectivity index (χ1v) is 5.80. The summed E-state index contributed by atoms with van der Waals surface area (Å²) in [4.78, 5) is 5.07. The minimum Gasteiger partial charge on any atom is -0.468 e. The summed E-state index contributed by atoms with van der Waals surface area (Å²) in [5, 5.41) is 8.72. The molecule has 0 unspecified atom stereocenters. The maximum atomic E-state index is 8.72. The number of nitrogens with zero attached hydrogens (tertiary/aromatic N) is 2. The van der Waals surface area contributed by atoms with E-state index in [1.807, 2.05) is 31.2 Å². The zero-order valence-corrected chi connectivity index (χ0v) is 9.62. The van der Waals surface area contributed by atoms with E-state index < -0.39 is 0 Å². The first kappa shape index (κ1) is 10.8. The Kier molecular flexibility index (Phi) is 3.28. The Morgan fingerprint density at radius 2 is 2.38 bits per heavy atom. The molecule has 2 aromatic rings. The smallest absolute Gasteiger partial charge is 0.140 e. The SMILES string of the molecule is Cc1occc1SCc1ccnc(C#N)c1. The summed E-state index contributed by atoms with van der Waals surface area (Å²) in [6, 6.07) is 7.71. The Morgan fingerprint density at radius 1 is 1.50 bits per heavy atom. The highest BCUT2D eigenvalue weighted by Crippen LogP contribution is 2.26. The number of hydrogen-bond donors (Lipinski definition) is 0. The molecule has 0 fully saturated rings. The lowest BCUT2D eigenvalue weighted by Crippen LogP contribution is -1.86. The molecule has 2 heterocycles. The quantitative estimate of drug-likeness (QED) is 0.760. The van der Waals surface area contributed by atoms with Crippen LogP contribution in [0.3, 0.4) is 0 Å². The van der Waals surface area contributed by atoms with Crippen molar-refractivity contribution in [1.29, 1.82) is 5.26 Å². The molecular weight excluding hydrogens is 220 g/mol. The molecule has 80 valence electrons. The van der Waals surface area contributed by atoms with Crippen molar-refractivity contribution in [3.8, 4) is 6.07 Å². The van der Waals surface area contributed by atoms with E-state index in [4.69, 9.17) is 9.68 Å². The first-order valence-electron chi connectivity index (χ1n) is 4.81. The second-order valence-corrected chi connectivity index (χ2v) is 4.31. The molecule has 3 nitrogen and oxygen atoms in total. The van der Waals surface area contributed by atoms with Gasteiger partial charge in [-0.25, -0.2) is 4.98 Å². The molecule has 0 spiro atoms. The van der Waals surface area contributed by atoms with Gasteiger partial charge in [-0.3, -0.25) is 0 Å². The molecule has 0 bridgehead atoms. The summed E-state index contributed by atoms with van der Waals surface area (Å²) in [5.41, 5.74) is 1.55. The van der Waals surface area contributed by atoms with Gasteiger partial charge in [-0.15, -0.1) is 11.8 Å². The van der Waals surface area contributed by atoms with E-state index in [-0.39, 0.29) is 0 Å². The van der Waals surface area contributed by atoms with E-state index in [0.29, 0.717) is 5.69 Å². The monoisotopic (exact) mass is 230 g/mol. The van der Waals surface area contributed by atoms with E-state index in [0.717, 1.165) is 22.0 Å². The molecule has 0 saturated heterocycles. The number of hydrogen-bond acceptors (Lipinski definition) is 4. The summed E-state index contributed by atoms with van der Waals surface area (Å²) in [6.07, 6.45) is 3.35. The average Bonchev–Trinajstić information content (AvgIpc) is 2.72. The van der Waals surface area contributed by atoms with Gasteiger partial charge < -0.3 is 4.42 Å². The Hall–Kier alpha value is -1.73. The van der Waals surface area contributed by atoms with Crippen LogP contribution >= 0.6 is 11.8 Å². The van der Waals surface area contributed by atoms with Crippen molar-refractivity contribution in [2.24, 2.45) is 0 Å². The highest BCUT2D eigenvalue weighted by molar-refractivity contribution is 7.98. The van der Waals surface area contributed by atoms with Crippen LogP contribution in [-0.2, 0) is 5.75 Å². The third-order valence-corrected chi connectivity index (χ3v) is 3.36. The number of pyridine rings is 1. The molecule has 0 aromatic carbocycles. The second-order valence-electron chi connectivity index (χ2n) is 3.29. The van der Waals surface area contributed by atoms with Gasteiger partial charge in [0.1, 0.15) is 17.5 Å². The van der Waals surface area contributed by atoms with Gasteiger partial charge in [0.25, 0.3) is 0 Å². The highest BCUT2D eigenvalue weighted by Gasteiger charge is 2.03. The lowest BCUT2D eigenvalue weighted by Gasteiger charge is -2.00. The molecular formula is C12H10N2OS. The zero-order chi connectivity index (χ0) is 11.4. The van der Waals surface area contributed by atoms with Gasteiger partial charge in [0.05, 0.1) is 6.26 Å². The van der Waals surface area contributed by atoms with Crippen molar-refractivity contribution in [3.63, 3.8) is 0 Å². The van der Waals surface area contributed by atoms with Gasteiger partial charge in [-0.1, -0.05) is 0 Å². The van der Waals surface area contributed by atoms with Crippen molar-refractivity contribution in [2.75, 3.05) is 0 Å². The van der Waals surface area contributed by atoms with E-state index in [1.165, 1.54) is 0 Å². The normalized spacial score (nSPS) is 10.0. The summed E-state index contributed by atoms with van der Waals surface area (Å²) in [7, 11) is 0. The number of aromatic nitrogens is 1. The van der Waals surface area contributed by atoms with Gasteiger partial charge in [-0.05, 0) is 30.7 Å². The van der Waals surface area contributed by atoms with Crippen molar-refractivity contribution in [3.05, 3.63) is 47.7 Å². The molecule has 16 heavy (non-hydrogen) atoms. The van der Waals surface area contributed by atoms with Gasteiger partial charge >= 0.3 is 0 Å². The summed E-state index contributed by atoms with van der Waals surface area (Å²) >= 11 is 1.70. The van der Waals surface area contributed by atoms with Crippen LogP contribution < -0.4 is 0 Å². The summed E-state index contributed by atoms with van der Waals surface area (Å²) in [6.45, 7) is 1.94. The molecule has 2 rings (SSSR count). The van der Waals surface area contributed by atoms with E-state index in [9.17, 15) is 0 Å². The predicted octanol–water partition coefficient (Wildman–Crippen LogP) is 3.15. The van der Waals surface area contributed by atoms with Crippen molar-refractivity contribution in [1.82, 2.24) is 4.98 Å². The molecule has 0 aliphatic carbocycles. The minimum atomic E-state index is 0.460. The molecule has 0 radical (unpaired) electrons. The fraction of sp³-hybridized carbons (Fsp3) is 0.167. The lowest BCUT2D eigenvalue weighted by molar-refractivity contribution is 0.527. The number of nitriles is 1. The molecule has 2 aromatic heterocycles. The largest absolute Gasteiger partial charge is 0.468 e. The van der Waals surface area contributed by atoms with Crippen molar-refractivity contribution in [2.45, 2.75) is 17.6 Å². The molecule has 0 atom stereocenters. The molecule has 4 heteroatoms. The van der Waals surface area contributed by atoms with Crippen molar-refractivity contribution >= 4 is 11.8 Å². The van der Waals surface area contributed by atoms with Crippen LogP contribution in [-0.4, -0.2) is 4.98 Å². The van der Waals surface area contributed by atoms with E-state index in [1.54, 1.807) is 24.2 Å². The Bertz CT molecular complexity index is 528. The molecule has 0 aliphatic heterocycles. The van der Waals surface area contributed by atoms with Gasteiger partial charge in [0.15, 0.2) is 0 Å². The average molecular weight is 230 g/mol. The number of thioether (sulfide) groups is 1. The van der Waals surface area contributed by atoms with Crippen molar-refractivity contribution < 1.29 is 4.42 Å². The van der Waals surface area contributed by atoms with E-state index in [2.05, 4.69) is 4.98 Å². The molecule has 0 saturated carbocycles. The molecule has 0 aliphatic rings.